The zero-order valence-electron chi connectivity index (χ0n) is 9.09. The van der Waals surface area contributed by atoms with Crippen LogP contribution in [0.1, 0.15) is 11.3 Å². The summed E-state index contributed by atoms with van der Waals surface area (Å²) in [6, 6.07) is 5.69. The van der Waals surface area contributed by atoms with Gasteiger partial charge in [0.05, 0.1) is 24.1 Å². The average Bonchev–Trinajstić information content (AvgIpc) is 2.79. The maximum Gasteiger partial charge on any atom is 0.416 e. The van der Waals surface area contributed by atoms with Crippen LogP contribution in [0.15, 0.2) is 41.0 Å². The van der Waals surface area contributed by atoms with Gasteiger partial charge < -0.3 is 9.73 Å². The zero-order valence-corrected chi connectivity index (χ0v) is 9.09. The van der Waals surface area contributed by atoms with Gasteiger partial charge >= 0.3 is 6.18 Å². The van der Waals surface area contributed by atoms with Gasteiger partial charge in [0.15, 0.2) is 0 Å². The van der Waals surface area contributed by atoms with Crippen molar-refractivity contribution in [3.8, 4) is 0 Å². The van der Waals surface area contributed by atoms with Crippen LogP contribution < -0.4 is 5.32 Å². The molecule has 6 heteroatoms. The lowest BCUT2D eigenvalue weighted by Crippen LogP contribution is -2.07. The van der Waals surface area contributed by atoms with Crippen molar-refractivity contribution in [2.45, 2.75) is 12.7 Å². The first-order chi connectivity index (χ1) is 8.47. The van der Waals surface area contributed by atoms with Crippen molar-refractivity contribution in [2.24, 2.45) is 0 Å². The summed E-state index contributed by atoms with van der Waals surface area (Å²) in [6.07, 6.45) is -3.08. The van der Waals surface area contributed by atoms with Crippen LogP contribution >= 0.6 is 0 Å². The molecule has 18 heavy (non-hydrogen) atoms. The Balaban J connectivity index is 2.10. The normalized spacial score (nSPS) is 11.6. The maximum atomic E-state index is 13.4. The summed E-state index contributed by atoms with van der Waals surface area (Å²) in [6.45, 7) is 0.204. The molecule has 0 aliphatic carbocycles. The summed E-state index contributed by atoms with van der Waals surface area (Å²) in [7, 11) is 0. The Kier molecular flexibility index (Phi) is 3.27. The van der Waals surface area contributed by atoms with Crippen LogP contribution in [0.5, 0.6) is 0 Å². The lowest BCUT2D eigenvalue weighted by molar-refractivity contribution is -0.137. The smallest absolute Gasteiger partial charge is 0.416 e. The van der Waals surface area contributed by atoms with E-state index in [0.717, 1.165) is 12.1 Å². The van der Waals surface area contributed by atoms with Crippen LogP contribution in [0.2, 0.25) is 0 Å². The molecule has 2 rings (SSSR count). The number of alkyl halides is 3. The number of halogens is 4. The lowest BCUT2D eigenvalue weighted by atomic mass is 10.2. The van der Waals surface area contributed by atoms with Gasteiger partial charge in [-0.1, -0.05) is 0 Å². The summed E-state index contributed by atoms with van der Waals surface area (Å²) in [5.74, 6) is -0.384. The standard InChI is InChI=1S/C12H9F4NO/c13-10-6-8(12(14,15)16)3-4-11(10)17-7-9-2-1-5-18-9/h1-6,17H,7H2. The van der Waals surface area contributed by atoms with Gasteiger partial charge in [-0.2, -0.15) is 13.2 Å². The summed E-state index contributed by atoms with van der Waals surface area (Å²) >= 11 is 0. The highest BCUT2D eigenvalue weighted by molar-refractivity contribution is 5.47. The van der Waals surface area contributed by atoms with Crippen LogP contribution in [0.3, 0.4) is 0 Å². The van der Waals surface area contributed by atoms with E-state index in [0.29, 0.717) is 11.8 Å². The van der Waals surface area contributed by atoms with Gasteiger partial charge in [0.25, 0.3) is 0 Å². The van der Waals surface area contributed by atoms with Gasteiger partial charge in [0.1, 0.15) is 11.6 Å². The minimum atomic E-state index is -4.54. The quantitative estimate of drug-likeness (QED) is 0.841. The third kappa shape index (κ3) is 2.82. The first-order valence-electron chi connectivity index (χ1n) is 5.10. The summed E-state index contributed by atoms with van der Waals surface area (Å²) in [4.78, 5) is 0. The largest absolute Gasteiger partial charge is 0.467 e. The first-order valence-corrected chi connectivity index (χ1v) is 5.10. The molecule has 0 aliphatic heterocycles. The molecule has 0 amide bonds. The predicted molar refractivity (Wildman–Crippen MR) is 57.4 cm³/mol. The van der Waals surface area contributed by atoms with Crippen molar-refractivity contribution < 1.29 is 22.0 Å². The van der Waals surface area contributed by atoms with E-state index in [1.165, 1.54) is 6.26 Å². The molecular formula is C12H9F4NO. The number of furan rings is 1. The molecule has 0 fully saturated rings. The molecule has 0 spiro atoms. The van der Waals surface area contributed by atoms with Crippen LogP contribution in [0, 0.1) is 5.82 Å². The average molecular weight is 259 g/mol. The minimum absolute atomic E-state index is 0.000556. The van der Waals surface area contributed by atoms with Gasteiger partial charge in [0.2, 0.25) is 0 Å². The topological polar surface area (TPSA) is 25.2 Å². The fraction of sp³-hybridized carbons (Fsp3) is 0.167. The van der Waals surface area contributed by atoms with Gasteiger partial charge in [0, 0.05) is 0 Å². The van der Waals surface area contributed by atoms with E-state index >= 15 is 0 Å². The molecule has 0 saturated carbocycles. The Morgan fingerprint density at radius 3 is 2.50 bits per heavy atom. The zero-order chi connectivity index (χ0) is 13.2. The molecule has 96 valence electrons. The molecular weight excluding hydrogens is 250 g/mol. The van der Waals surface area contributed by atoms with Crippen LogP contribution in [0.4, 0.5) is 23.2 Å². The van der Waals surface area contributed by atoms with Crippen molar-refractivity contribution in [3.05, 3.63) is 53.7 Å². The van der Waals surface area contributed by atoms with Crippen LogP contribution in [-0.2, 0) is 12.7 Å². The predicted octanol–water partition coefficient (Wildman–Crippen LogP) is 4.05. The van der Waals surface area contributed by atoms with Crippen LogP contribution in [0.25, 0.3) is 0 Å². The third-order valence-electron chi connectivity index (χ3n) is 2.33. The lowest BCUT2D eigenvalue weighted by Gasteiger charge is -2.10. The molecule has 0 unspecified atom stereocenters. The summed E-state index contributed by atoms with van der Waals surface area (Å²) < 4.78 is 55.3. The van der Waals surface area contributed by atoms with E-state index in [1.54, 1.807) is 12.1 Å². The number of hydrogen-bond acceptors (Lipinski definition) is 2. The van der Waals surface area contributed by atoms with E-state index in [4.69, 9.17) is 4.42 Å². The van der Waals surface area contributed by atoms with Gasteiger partial charge in [-0.25, -0.2) is 4.39 Å². The molecule has 0 radical (unpaired) electrons. The monoisotopic (exact) mass is 259 g/mol. The molecule has 1 aromatic heterocycles. The van der Waals surface area contributed by atoms with Crippen molar-refractivity contribution in [1.29, 1.82) is 0 Å². The molecule has 2 aromatic rings. The van der Waals surface area contributed by atoms with Crippen LogP contribution in [-0.4, -0.2) is 0 Å². The molecule has 0 aliphatic rings. The van der Waals surface area contributed by atoms with E-state index in [2.05, 4.69) is 5.32 Å². The fourth-order valence-corrected chi connectivity index (χ4v) is 1.43. The fourth-order valence-electron chi connectivity index (χ4n) is 1.43. The second-order valence-corrected chi connectivity index (χ2v) is 3.63. The number of benzene rings is 1. The third-order valence-corrected chi connectivity index (χ3v) is 2.33. The Bertz CT molecular complexity index is 519. The Morgan fingerprint density at radius 2 is 1.94 bits per heavy atom. The van der Waals surface area contributed by atoms with Crippen molar-refractivity contribution >= 4 is 5.69 Å². The molecule has 1 aromatic carbocycles. The highest BCUT2D eigenvalue weighted by atomic mass is 19.4. The van der Waals surface area contributed by atoms with E-state index < -0.39 is 17.6 Å². The van der Waals surface area contributed by atoms with Crippen molar-refractivity contribution in [2.75, 3.05) is 5.32 Å². The Morgan fingerprint density at radius 1 is 1.17 bits per heavy atom. The van der Waals surface area contributed by atoms with E-state index in [-0.39, 0.29) is 12.2 Å². The molecule has 2 nitrogen and oxygen atoms in total. The van der Waals surface area contributed by atoms with Crippen molar-refractivity contribution in [1.82, 2.24) is 0 Å². The SMILES string of the molecule is Fc1cc(C(F)(F)F)ccc1NCc1ccco1. The summed E-state index contributed by atoms with van der Waals surface area (Å²) in [5, 5.41) is 2.66. The first kappa shape index (κ1) is 12.5. The molecule has 1 N–H and O–H groups in total. The summed E-state index contributed by atoms with van der Waals surface area (Å²) in [5.41, 5.74) is -1.01. The molecule has 0 atom stereocenters. The van der Waals surface area contributed by atoms with Gasteiger partial charge in [-0.3, -0.25) is 0 Å². The van der Waals surface area contributed by atoms with Gasteiger partial charge in [-0.05, 0) is 30.3 Å². The Labute approximate surface area is 100 Å². The second-order valence-electron chi connectivity index (χ2n) is 3.63. The van der Waals surface area contributed by atoms with Crippen molar-refractivity contribution in [3.63, 3.8) is 0 Å². The second kappa shape index (κ2) is 4.72. The highest BCUT2D eigenvalue weighted by Gasteiger charge is 2.31. The number of nitrogens with one attached hydrogen (secondary N) is 1. The van der Waals surface area contributed by atoms with E-state index in [1.807, 2.05) is 0 Å². The van der Waals surface area contributed by atoms with Gasteiger partial charge in [-0.15, -0.1) is 0 Å². The Hall–Kier alpha value is -1.98. The highest BCUT2D eigenvalue weighted by Crippen LogP contribution is 2.31. The maximum absolute atomic E-state index is 13.4. The number of anilines is 1. The number of rotatable bonds is 3. The molecule has 0 bridgehead atoms. The molecule has 0 saturated heterocycles. The van der Waals surface area contributed by atoms with E-state index in [9.17, 15) is 17.6 Å². The molecule has 1 heterocycles. The minimum Gasteiger partial charge on any atom is -0.467 e. The number of hydrogen-bond donors (Lipinski definition) is 1.